The summed E-state index contributed by atoms with van der Waals surface area (Å²) in [5, 5.41) is 3.13. The van der Waals surface area contributed by atoms with Gasteiger partial charge in [0.1, 0.15) is 0 Å². The molecule has 0 aliphatic heterocycles. The molecule has 1 amide bonds. The van der Waals surface area contributed by atoms with Gasteiger partial charge in [-0.2, -0.15) is 0 Å². The van der Waals surface area contributed by atoms with E-state index in [0.29, 0.717) is 0 Å². The topological polar surface area (TPSA) is 29.1 Å². The van der Waals surface area contributed by atoms with E-state index in [1.54, 1.807) is 0 Å². The predicted molar refractivity (Wildman–Crippen MR) is 66.0 cm³/mol. The summed E-state index contributed by atoms with van der Waals surface area (Å²) in [6.45, 7) is 3.90. The first-order chi connectivity index (χ1) is 7.66. The van der Waals surface area contributed by atoms with Crippen molar-refractivity contribution in [2.75, 3.05) is 0 Å². The van der Waals surface area contributed by atoms with E-state index in [-0.39, 0.29) is 17.9 Å². The second-order valence-electron chi connectivity index (χ2n) is 5.60. The van der Waals surface area contributed by atoms with Crippen molar-refractivity contribution < 1.29 is 4.79 Å². The van der Waals surface area contributed by atoms with Crippen molar-refractivity contribution in [1.29, 1.82) is 0 Å². The largest absolute Gasteiger partial charge is 0.350 e. The van der Waals surface area contributed by atoms with Crippen LogP contribution in [0.1, 0.15) is 46.0 Å². The summed E-state index contributed by atoms with van der Waals surface area (Å²) in [4.78, 5) is 11.6. The fraction of sp³-hybridized carbons (Fsp3) is 0.786. The van der Waals surface area contributed by atoms with E-state index in [4.69, 9.17) is 0 Å². The molecule has 1 N–H and O–H groups in total. The number of nitrogens with one attached hydrogen (secondary N) is 1. The lowest BCUT2D eigenvalue weighted by Crippen LogP contribution is -2.40. The molecule has 0 radical (unpaired) electrons. The van der Waals surface area contributed by atoms with Crippen LogP contribution in [0.25, 0.3) is 0 Å². The molecule has 3 unspecified atom stereocenters. The molecule has 2 aliphatic rings. The second kappa shape index (κ2) is 5.03. The van der Waals surface area contributed by atoms with Gasteiger partial charge in [-0.1, -0.05) is 38.8 Å². The maximum Gasteiger partial charge on any atom is 0.223 e. The van der Waals surface area contributed by atoms with Gasteiger partial charge < -0.3 is 5.32 Å². The quantitative estimate of drug-likeness (QED) is 0.714. The number of allylic oxidation sites excluding steroid dienone is 1. The maximum absolute atomic E-state index is 11.6. The predicted octanol–water partition coefficient (Wildman–Crippen LogP) is 2.89. The van der Waals surface area contributed by atoms with Gasteiger partial charge in [-0.15, -0.1) is 0 Å². The van der Waals surface area contributed by atoms with Gasteiger partial charge in [0.05, 0.1) is 0 Å². The molecule has 0 aromatic heterocycles. The van der Waals surface area contributed by atoms with E-state index >= 15 is 0 Å². The van der Waals surface area contributed by atoms with Gasteiger partial charge in [0.2, 0.25) is 5.91 Å². The Morgan fingerprint density at radius 1 is 1.25 bits per heavy atom. The highest BCUT2D eigenvalue weighted by molar-refractivity contribution is 5.78. The molecule has 0 heterocycles. The molecule has 2 heteroatoms. The van der Waals surface area contributed by atoms with Crippen LogP contribution in [-0.2, 0) is 4.79 Å². The van der Waals surface area contributed by atoms with Crippen LogP contribution in [0.2, 0.25) is 0 Å². The molecule has 0 spiro atoms. The Labute approximate surface area is 98.5 Å². The molecule has 90 valence electrons. The van der Waals surface area contributed by atoms with Crippen molar-refractivity contribution in [3.8, 4) is 0 Å². The van der Waals surface area contributed by atoms with Crippen LogP contribution in [0.15, 0.2) is 12.2 Å². The molecule has 2 nitrogen and oxygen atoms in total. The highest BCUT2D eigenvalue weighted by Crippen LogP contribution is 2.36. The minimum atomic E-state index is 0.0949. The van der Waals surface area contributed by atoms with Crippen molar-refractivity contribution in [2.24, 2.45) is 17.8 Å². The zero-order valence-corrected chi connectivity index (χ0v) is 10.4. The SMILES string of the molecule is CC(C)C(=O)NC1C=CC2CCCCC2C1. The molecule has 1 fully saturated rings. The Bertz CT molecular complexity index is 282. The third kappa shape index (κ3) is 2.66. The third-order valence-electron chi connectivity index (χ3n) is 3.97. The highest BCUT2D eigenvalue weighted by atomic mass is 16.1. The monoisotopic (exact) mass is 221 g/mol. The first-order valence-electron chi connectivity index (χ1n) is 6.65. The summed E-state index contributed by atoms with van der Waals surface area (Å²) >= 11 is 0. The standard InChI is InChI=1S/C14H23NO/c1-10(2)14(16)15-13-8-7-11-5-3-4-6-12(11)9-13/h7-8,10-13H,3-6,9H2,1-2H3,(H,15,16). The summed E-state index contributed by atoms with van der Waals surface area (Å²) in [6.07, 6.45) is 11.2. The van der Waals surface area contributed by atoms with E-state index < -0.39 is 0 Å². The molecular formula is C14H23NO. The van der Waals surface area contributed by atoms with Crippen LogP contribution in [-0.4, -0.2) is 11.9 Å². The van der Waals surface area contributed by atoms with E-state index in [0.717, 1.165) is 18.3 Å². The van der Waals surface area contributed by atoms with Crippen molar-refractivity contribution in [3.05, 3.63) is 12.2 Å². The molecule has 0 saturated heterocycles. The highest BCUT2D eigenvalue weighted by Gasteiger charge is 2.29. The van der Waals surface area contributed by atoms with Gasteiger partial charge in [0, 0.05) is 12.0 Å². The Morgan fingerprint density at radius 3 is 2.75 bits per heavy atom. The lowest BCUT2D eigenvalue weighted by Gasteiger charge is -2.35. The summed E-state index contributed by atoms with van der Waals surface area (Å²) in [6, 6.07) is 0.286. The molecule has 2 rings (SSSR count). The second-order valence-corrected chi connectivity index (χ2v) is 5.60. The Hall–Kier alpha value is -0.790. The minimum Gasteiger partial charge on any atom is -0.350 e. The van der Waals surface area contributed by atoms with Gasteiger partial charge in [0.15, 0.2) is 0 Å². The van der Waals surface area contributed by atoms with Crippen molar-refractivity contribution >= 4 is 5.91 Å². The average molecular weight is 221 g/mol. The van der Waals surface area contributed by atoms with Gasteiger partial charge in [-0.3, -0.25) is 4.79 Å². The van der Waals surface area contributed by atoms with Crippen LogP contribution < -0.4 is 5.32 Å². The van der Waals surface area contributed by atoms with E-state index in [1.807, 2.05) is 13.8 Å². The number of carbonyl (C=O) groups excluding carboxylic acids is 1. The molecular weight excluding hydrogens is 198 g/mol. The smallest absolute Gasteiger partial charge is 0.223 e. The van der Waals surface area contributed by atoms with E-state index in [2.05, 4.69) is 17.5 Å². The lowest BCUT2D eigenvalue weighted by molar-refractivity contribution is -0.124. The zero-order valence-electron chi connectivity index (χ0n) is 10.4. The van der Waals surface area contributed by atoms with Crippen molar-refractivity contribution in [1.82, 2.24) is 5.32 Å². The van der Waals surface area contributed by atoms with Crippen LogP contribution in [0.5, 0.6) is 0 Å². The number of hydrogen-bond donors (Lipinski definition) is 1. The van der Waals surface area contributed by atoms with E-state index in [9.17, 15) is 4.79 Å². The maximum atomic E-state index is 11.6. The van der Waals surface area contributed by atoms with Crippen LogP contribution in [0, 0.1) is 17.8 Å². The van der Waals surface area contributed by atoms with Crippen LogP contribution >= 0.6 is 0 Å². The molecule has 16 heavy (non-hydrogen) atoms. The van der Waals surface area contributed by atoms with Crippen molar-refractivity contribution in [3.63, 3.8) is 0 Å². The molecule has 3 atom stereocenters. The Balaban J connectivity index is 1.91. The number of carbonyl (C=O) groups is 1. The lowest BCUT2D eigenvalue weighted by atomic mass is 9.73. The van der Waals surface area contributed by atoms with Crippen molar-refractivity contribution in [2.45, 2.75) is 52.0 Å². The summed E-state index contributed by atoms with van der Waals surface area (Å²) in [5.41, 5.74) is 0. The van der Waals surface area contributed by atoms with Gasteiger partial charge in [-0.25, -0.2) is 0 Å². The average Bonchev–Trinajstić information content (AvgIpc) is 2.28. The van der Waals surface area contributed by atoms with Crippen LogP contribution in [0.4, 0.5) is 0 Å². The normalized spacial score (nSPS) is 33.6. The first-order valence-corrected chi connectivity index (χ1v) is 6.65. The fourth-order valence-corrected chi connectivity index (χ4v) is 2.92. The summed E-state index contributed by atoms with van der Waals surface area (Å²) < 4.78 is 0. The van der Waals surface area contributed by atoms with Gasteiger partial charge >= 0.3 is 0 Å². The number of fused-ring (bicyclic) bond motifs is 1. The molecule has 0 aromatic rings. The first kappa shape index (κ1) is 11.7. The Morgan fingerprint density at radius 2 is 2.00 bits per heavy atom. The number of amides is 1. The zero-order chi connectivity index (χ0) is 11.5. The van der Waals surface area contributed by atoms with Gasteiger partial charge in [0.25, 0.3) is 0 Å². The number of rotatable bonds is 2. The molecule has 2 aliphatic carbocycles. The molecule has 0 aromatic carbocycles. The van der Waals surface area contributed by atoms with E-state index in [1.165, 1.54) is 25.7 Å². The Kier molecular flexibility index (Phi) is 3.67. The third-order valence-corrected chi connectivity index (χ3v) is 3.97. The molecule has 1 saturated carbocycles. The summed E-state index contributed by atoms with van der Waals surface area (Å²) in [7, 11) is 0. The number of hydrogen-bond acceptors (Lipinski definition) is 1. The van der Waals surface area contributed by atoms with Gasteiger partial charge in [-0.05, 0) is 31.1 Å². The molecule has 0 bridgehead atoms. The minimum absolute atomic E-state index is 0.0949. The van der Waals surface area contributed by atoms with Crippen LogP contribution in [0.3, 0.4) is 0 Å². The summed E-state index contributed by atoms with van der Waals surface area (Å²) in [5.74, 6) is 1.89. The fourth-order valence-electron chi connectivity index (χ4n) is 2.92.